The molecule has 2 aromatic rings. The standard InChI is InChI=1S/C22H28ClN3/c1-3-5-14-22(13-4-2)21(24-16-17-9-8-10-18(23)15-17)25-19-11-6-7-12-20(19)26-22/h6-12,15,26H,3-5,13-14,16H2,1-2H3,(H,24,25). The van der Waals surface area contributed by atoms with Gasteiger partial charge < -0.3 is 10.6 Å². The van der Waals surface area contributed by atoms with Crippen molar-refractivity contribution in [3.63, 3.8) is 0 Å². The first-order valence-electron chi connectivity index (χ1n) is 9.60. The van der Waals surface area contributed by atoms with E-state index in [0.29, 0.717) is 6.54 Å². The summed E-state index contributed by atoms with van der Waals surface area (Å²) in [4.78, 5) is 5.00. The molecule has 1 heterocycles. The zero-order chi connectivity index (χ0) is 18.4. The summed E-state index contributed by atoms with van der Waals surface area (Å²) in [6.45, 7) is 5.11. The number of aliphatic imine (C=N–C) groups is 1. The van der Waals surface area contributed by atoms with Crippen LogP contribution in [0.15, 0.2) is 53.5 Å². The lowest BCUT2D eigenvalue weighted by atomic mass is 9.84. The molecule has 0 aliphatic carbocycles. The van der Waals surface area contributed by atoms with Gasteiger partial charge in [-0.1, -0.05) is 69.0 Å². The zero-order valence-electron chi connectivity index (χ0n) is 15.7. The third kappa shape index (κ3) is 4.21. The second kappa shape index (κ2) is 8.59. The molecule has 0 bridgehead atoms. The fourth-order valence-electron chi connectivity index (χ4n) is 3.65. The Morgan fingerprint density at radius 2 is 1.77 bits per heavy atom. The third-order valence-corrected chi connectivity index (χ3v) is 5.19. The van der Waals surface area contributed by atoms with Crippen LogP contribution in [0.25, 0.3) is 0 Å². The maximum atomic E-state index is 6.13. The Kier molecular flexibility index (Phi) is 6.20. The van der Waals surface area contributed by atoms with Crippen LogP contribution in [0, 0.1) is 0 Å². The molecule has 0 fully saturated rings. The van der Waals surface area contributed by atoms with E-state index in [9.17, 15) is 0 Å². The summed E-state index contributed by atoms with van der Waals surface area (Å²) >= 11 is 6.13. The highest BCUT2D eigenvalue weighted by Crippen LogP contribution is 2.36. The van der Waals surface area contributed by atoms with Gasteiger partial charge in [-0.3, -0.25) is 4.99 Å². The molecule has 1 unspecified atom stereocenters. The van der Waals surface area contributed by atoms with Gasteiger partial charge in [0.1, 0.15) is 5.84 Å². The lowest BCUT2D eigenvalue weighted by Gasteiger charge is -2.42. The van der Waals surface area contributed by atoms with E-state index in [0.717, 1.165) is 41.4 Å². The average molecular weight is 370 g/mol. The summed E-state index contributed by atoms with van der Waals surface area (Å²) in [6, 6.07) is 16.3. The Labute approximate surface area is 161 Å². The Morgan fingerprint density at radius 3 is 2.50 bits per heavy atom. The number of hydrogen-bond acceptors (Lipinski definition) is 2. The van der Waals surface area contributed by atoms with E-state index in [-0.39, 0.29) is 5.54 Å². The summed E-state index contributed by atoms with van der Waals surface area (Å²) in [7, 11) is 0. The fraction of sp³-hybridized carbons (Fsp3) is 0.409. The molecule has 1 atom stereocenters. The molecule has 0 amide bonds. The van der Waals surface area contributed by atoms with Crippen molar-refractivity contribution < 1.29 is 0 Å². The second-order valence-electron chi connectivity index (χ2n) is 7.03. The number of anilines is 2. The van der Waals surface area contributed by atoms with Crippen molar-refractivity contribution in [2.24, 2.45) is 4.99 Å². The number of nitrogens with zero attached hydrogens (tertiary/aromatic N) is 1. The van der Waals surface area contributed by atoms with Crippen LogP contribution in [0.3, 0.4) is 0 Å². The van der Waals surface area contributed by atoms with Gasteiger partial charge in [0.05, 0.1) is 23.5 Å². The molecule has 1 aliphatic rings. The SMILES string of the molecule is CCCCC1(CCC)Nc2ccccc2NC1=NCc1cccc(Cl)c1. The third-order valence-electron chi connectivity index (χ3n) is 4.95. The number of nitrogens with one attached hydrogen (secondary N) is 2. The minimum absolute atomic E-state index is 0.127. The average Bonchev–Trinajstić information content (AvgIpc) is 2.65. The second-order valence-corrected chi connectivity index (χ2v) is 7.46. The number of benzene rings is 2. The highest BCUT2D eigenvalue weighted by molar-refractivity contribution is 6.30. The predicted octanol–water partition coefficient (Wildman–Crippen LogP) is 6.51. The number of para-hydroxylation sites is 2. The first-order valence-corrected chi connectivity index (χ1v) is 9.98. The molecule has 3 nitrogen and oxygen atoms in total. The van der Waals surface area contributed by atoms with Crippen molar-refractivity contribution in [3.8, 4) is 0 Å². The summed E-state index contributed by atoms with van der Waals surface area (Å²) in [5.74, 6) is 1.05. The molecule has 26 heavy (non-hydrogen) atoms. The monoisotopic (exact) mass is 369 g/mol. The summed E-state index contributed by atoms with van der Waals surface area (Å²) in [5.41, 5.74) is 3.27. The first-order chi connectivity index (χ1) is 12.7. The molecule has 2 N–H and O–H groups in total. The lowest BCUT2D eigenvalue weighted by Crippen LogP contribution is -2.52. The van der Waals surface area contributed by atoms with Crippen LogP contribution in [0.4, 0.5) is 11.4 Å². The Balaban J connectivity index is 1.95. The zero-order valence-corrected chi connectivity index (χ0v) is 16.4. The molecule has 0 saturated carbocycles. The van der Waals surface area contributed by atoms with E-state index in [4.69, 9.17) is 16.6 Å². The van der Waals surface area contributed by atoms with Gasteiger partial charge in [-0.25, -0.2) is 0 Å². The van der Waals surface area contributed by atoms with Crippen LogP contribution in [-0.2, 0) is 6.54 Å². The van der Waals surface area contributed by atoms with E-state index in [1.54, 1.807) is 0 Å². The molecular formula is C22H28ClN3. The van der Waals surface area contributed by atoms with Crippen molar-refractivity contribution in [3.05, 3.63) is 59.1 Å². The first kappa shape index (κ1) is 18.8. The molecule has 0 aromatic heterocycles. The van der Waals surface area contributed by atoms with Crippen molar-refractivity contribution in [2.45, 2.75) is 58.0 Å². The largest absolute Gasteiger partial charge is 0.371 e. The summed E-state index contributed by atoms with van der Waals surface area (Å²) < 4.78 is 0. The number of unbranched alkanes of at least 4 members (excludes halogenated alkanes) is 1. The van der Waals surface area contributed by atoms with Gasteiger partial charge >= 0.3 is 0 Å². The Morgan fingerprint density at radius 1 is 0.962 bits per heavy atom. The van der Waals surface area contributed by atoms with Gasteiger partial charge in [0.2, 0.25) is 0 Å². The van der Waals surface area contributed by atoms with Gasteiger partial charge in [0, 0.05) is 5.02 Å². The van der Waals surface area contributed by atoms with Gasteiger partial charge in [-0.2, -0.15) is 0 Å². The van der Waals surface area contributed by atoms with E-state index in [1.807, 2.05) is 18.2 Å². The molecule has 138 valence electrons. The van der Waals surface area contributed by atoms with Gasteiger partial charge in [-0.05, 0) is 42.7 Å². The van der Waals surface area contributed by atoms with Crippen LogP contribution < -0.4 is 10.6 Å². The minimum Gasteiger partial charge on any atom is -0.371 e. The number of halogens is 1. The number of amidine groups is 1. The quantitative estimate of drug-likeness (QED) is 0.583. The molecule has 0 spiro atoms. The maximum Gasteiger partial charge on any atom is 0.127 e. The number of hydrogen-bond donors (Lipinski definition) is 2. The van der Waals surface area contributed by atoms with Gasteiger partial charge in [0.25, 0.3) is 0 Å². The minimum atomic E-state index is -0.127. The molecule has 0 saturated heterocycles. The normalized spacial score (nSPS) is 20.3. The smallest absolute Gasteiger partial charge is 0.127 e. The lowest BCUT2D eigenvalue weighted by molar-refractivity contribution is 0.485. The highest BCUT2D eigenvalue weighted by atomic mass is 35.5. The van der Waals surface area contributed by atoms with Crippen LogP contribution in [0.2, 0.25) is 5.02 Å². The number of fused-ring (bicyclic) bond motifs is 1. The molecule has 0 radical (unpaired) electrons. The van der Waals surface area contributed by atoms with Crippen molar-refractivity contribution >= 4 is 28.8 Å². The molecule has 3 rings (SSSR count). The van der Waals surface area contributed by atoms with Crippen LogP contribution >= 0.6 is 11.6 Å². The van der Waals surface area contributed by atoms with Crippen LogP contribution in [-0.4, -0.2) is 11.4 Å². The Bertz CT molecular complexity index is 771. The summed E-state index contributed by atoms with van der Waals surface area (Å²) in [6.07, 6.45) is 5.59. The van der Waals surface area contributed by atoms with E-state index >= 15 is 0 Å². The summed E-state index contributed by atoms with van der Waals surface area (Å²) in [5, 5.41) is 8.20. The van der Waals surface area contributed by atoms with Crippen molar-refractivity contribution in [2.75, 3.05) is 10.6 Å². The van der Waals surface area contributed by atoms with Gasteiger partial charge in [0.15, 0.2) is 0 Å². The molecule has 2 aromatic carbocycles. The fourth-order valence-corrected chi connectivity index (χ4v) is 3.87. The van der Waals surface area contributed by atoms with E-state index < -0.39 is 0 Å². The molecule has 4 heteroatoms. The topological polar surface area (TPSA) is 36.4 Å². The number of rotatable bonds is 7. The highest BCUT2D eigenvalue weighted by Gasteiger charge is 2.38. The van der Waals surface area contributed by atoms with Crippen molar-refractivity contribution in [1.82, 2.24) is 0 Å². The molecule has 1 aliphatic heterocycles. The molecular weight excluding hydrogens is 342 g/mol. The predicted molar refractivity (Wildman–Crippen MR) is 113 cm³/mol. The van der Waals surface area contributed by atoms with E-state index in [2.05, 4.69) is 54.8 Å². The van der Waals surface area contributed by atoms with Crippen LogP contribution in [0.1, 0.15) is 51.5 Å². The Hall–Kier alpha value is -2.00. The van der Waals surface area contributed by atoms with E-state index in [1.165, 1.54) is 18.5 Å². The van der Waals surface area contributed by atoms with Gasteiger partial charge in [-0.15, -0.1) is 0 Å². The maximum absolute atomic E-state index is 6.13. The van der Waals surface area contributed by atoms with Crippen LogP contribution in [0.5, 0.6) is 0 Å². The van der Waals surface area contributed by atoms with Crippen molar-refractivity contribution in [1.29, 1.82) is 0 Å².